The molecule has 148 valence electrons. The molecule has 2 aromatic carbocycles. The van der Waals surface area contributed by atoms with Gasteiger partial charge in [-0.3, -0.25) is 5.10 Å². The van der Waals surface area contributed by atoms with Crippen molar-refractivity contribution in [2.24, 2.45) is 5.92 Å². The third-order valence-corrected chi connectivity index (χ3v) is 4.80. The summed E-state index contributed by atoms with van der Waals surface area (Å²) in [4.78, 5) is 0. The summed E-state index contributed by atoms with van der Waals surface area (Å²) < 4.78 is 19.9. The molecule has 1 aromatic heterocycles. The van der Waals surface area contributed by atoms with Crippen molar-refractivity contribution in [2.45, 2.75) is 26.7 Å². The van der Waals surface area contributed by atoms with Crippen LogP contribution in [0.5, 0.6) is 5.75 Å². The molecule has 4 nitrogen and oxygen atoms in total. The van der Waals surface area contributed by atoms with Crippen LogP contribution in [0.1, 0.15) is 25.8 Å². The Hall–Kier alpha value is -2.37. The van der Waals surface area contributed by atoms with Crippen LogP contribution < -0.4 is 4.74 Å². The number of aliphatic hydroxyl groups is 1. The molecule has 0 amide bonds. The number of nitrogens with one attached hydrogen (secondary N) is 1. The average Bonchev–Trinajstić information content (AvgIpc) is 3.18. The van der Waals surface area contributed by atoms with Crippen LogP contribution >= 0.6 is 11.6 Å². The van der Waals surface area contributed by atoms with Crippen LogP contribution in [-0.2, 0) is 6.42 Å². The molecule has 0 radical (unpaired) electrons. The standard InChI is InChI=1S/C22H24ClFN2O2/c1-3-5-15-6-4-7-16(8-15)20-11-21(26-25-20)17-9-19(24)22(10-18(17)23)28-13-14(2)12-27/h4,6-11,14,27H,3,5,12-13H2,1-2H3,(H,25,26). The zero-order chi connectivity index (χ0) is 20.1. The highest BCUT2D eigenvalue weighted by molar-refractivity contribution is 6.33. The van der Waals surface area contributed by atoms with Crippen molar-refractivity contribution >= 4 is 11.6 Å². The van der Waals surface area contributed by atoms with Crippen LogP contribution in [0.25, 0.3) is 22.5 Å². The Balaban J connectivity index is 1.85. The second-order valence-electron chi connectivity index (χ2n) is 6.98. The molecule has 1 atom stereocenters. The van der Waals surface area contributed by atoms with Gasteiger partial charge in [0.1, 0.15) is 0 Å². The van der Waals surface area contributed by atoms with Crippen LogP contribution in [0.4, 0.5) is 4.39 Å². The first-order chi connectivity index (χ1) is 13.5. The van der Waals surface area contributed by atoms with Crippen molar-refractivity contribution in [3.63, 3.8) is 0 Å². The molecular formula is C22H24ClFN2O2. The van der Waals surface area contributed by atoms with E-state index in [1.165, 1.54) is 17.7 Å². The maximum absolute atomic E-state index is 14.5. The summed E-state index contributed by atoms with van der Waals surface area (Å²) in [5.41, 5.74) is 4.19. The Morgan fingerprint density at radius 1 is 1.25 bits per heavy atom. The largest absolute Gasteiger partial charge is 0.490 e. The van der Waals surface area contributed by atoms with E-state index in [1.807, 2.05) is 25.1 Å². The zero-order valence-electron chi connectivity index (χ0n) is 16.0. The van der Waals surface area contributed by atoms with Gasteiger partial charge in [0.25, 0.3) is 0 Å². The van der Waals surface area contributed by atoms with Crippen LogP contribution in [0.2, 0.25) is 5.02 Å². The second kappa shape index (κ2) is 9.22. The minimum atomic E-state index is -0.509. The van der Waals surface area contributed by atoms with E-state index in [0.717, 1.165) is 24.1 Å². The predicted molar refractivity (Wildman–Crippen MR) is 110 cm³/mol. The number of benzene rings is 2. The van der Waals surface area contributed by atoms with Crippen molar-refractivity contribution < 1.29 is 14.2 Å². The first-order valence-corrected chi connectivity index (χ1v) is 9.77. The number of hydrogen-bond acceptors (Lipinski definition) is 3. The lowest BCUT2D eigenvalue weighted by atomic mass is 10.0. The number of H-pyrrole nitrogens is 1. The van der Waals surface area contributed by atoms with Crippen molar-refractivity contribution in [3.05, 3.63) is 58.9 Å². The molecule has 0 saturated heterocycles. The van der Waals surface area contributed by atoms with Crippen LogP contribution in [-0.4, -0.2) is 28.5 Å². The normalized spacial score (nSPS) is 12.2. The van der Waals surface area contributed by atoms with Crippen molar-refractivity contribution in [2.75, 3.05) is 13.2 Å². The first kappa shape index (κ1) is 20.4. The number of aromatic amines is 1. The maximum atomic E-state index is 14.5. The van der Waals surface area contributed by atoms with Gasteiger partial charge in [0.15, 0.2) is 11.6 Å². The van der Waals surface area contributed by atoms with E-state index in [-0.39, 0.29) is 24.9 Å². The van der Waals surface area contributed by atoms with Gasteiger partial charge in [0.05, 0.1) is 23.0 Å². The number of aliphatic hydroxyl groups excluding tert-OH is 1. The first-order valence-electron chi connectivity index (χ1n) is 9.39. The number of halogens is 2. The number of ether oxygens (including phenoxy) is 1. The molecule has 3 rings (SSSR count). The fraction of sp³-hybridized carbons (Fsp3) is 0.318. The highest BCUT2D eigenvalue weighted by Crippen LogP contribution is 2.34. The van der Waals surface area contributed by atoms with E-state index < -0.39 is 5.82 Å². The molecule has 28 heavy (non-hydrogen) atoms. The Labute approximate surface area is 169 Å². The third kappa shape index (κ3) is 4.72. The summed E-state index contributed by atoms with van der Waals surface area (Å²) in [5, 5.41) is 16.7. The molecule has 0 aliphatic carbocycles. The fourth-order valence-corrected chi connectivity index (χ4v) is 3.17. The molecule has 0 fully saturated rings. The zero-order valence-corrected chi connectivity index (χ0v) is 16.8. The molecule has 0 bridgehead atoms. The smallest absolute Gasteiger partial charge is 0.165 e. The summed E-state index contributed by atoms with van der Waals surface area (Å²) in [7, 11) is 0. The molecule has 6 heteroatoms. The van der Waals surface area contributed by atoms with Gasteiger partial charge < -0.3 is 9.84 Å². The molecule has 0 aliphatic rings. The van der Waals surface area contributed by atoms with E-state index in [0.29, 0.717) is 16.3 Å². The molecule has 1 heterocycles. The maximum Gasteiger partial charge on any atom is 0.165 e. The third-order valence-electron chi connectivity index (χ3n) is 4.49. The van der Waals surface area contributed by atoms with Gasteiger partial charge in [-0.15, -0.1) is 0 Å². The molecular weight excluding hydrogens is 379 g/mol. The van der Waals surface area contributed by atoms with E-state index in [4.69, 9.17) is 21.4 Å². The summed E-state index contributed by atoms with van der Waals surface area (Å²) in [5.74, 6) is -0.525. The van der Waals surface area contributed by atoms with Crippen LogP contribution in [0, 0.1) is 11.7 Å². The Morgan fingerprint density at radius 3 is 2.82 bits per heavy atom. The van der Waals surface area contributed by atoms with Gasteiger partial charge in [0.2, 0.25) is 0 Å². The summed E-state index contributed by atoms with van der Waals surface area (Å²) in [6.45, 7) is 4.15. The monoisotopic (exact) mass is 402 g/mol. The molecule has 0 saturated carbocycles. The van der Waals surface area contributed by atoms with Crippen LogP contribution in [0.3, 0.4) is 0 Å². The van der Waals surface area contributed by atoms with Crippen molar-refractivity contribution in [1.82, 2.24) is 10.2 Å². The van der Waals surface area contributed by atoms with Crippen LogP contribution in [0.15, 0.2) is 42.5 Å². The van der Waals surface area contributed by atoms with Gasteiger partial charge in [-0.05, 0) is 30.2 Å². The minimum Gasteiger partial charge on any atom is -0.490 e. The number of aromatic nitrogens is 2. The molecule has 1 unspecified atom stereocenters. The molecule has 0 aliphatic heterocycles. The quantitative estimate of drug-likeness (QED) is 0.523. The predicted octanol–water partition coefficient (Wildman–Crippen LogP) is 5.50. The van der Waals surface area contributed by atoms with Gasteiger partial charge in [0, 0.05) is 29.7 Å². The SMILES string of the molecule is CCCc1cccc(-c2cc(-c3cc(F)c(OCC(C)CO)cc3Cl)[nH]n2)c1. The van der Waals surface area contributed by atoms with E-state index in [1.54, 1.807) is 0 Å². The molecule has 0 spiro atoms. The van der Waals surface area contributed by atoms with Crippen molar-refractivity contribution in [1.29, 1.82) is 0 Å². The number of rotatable bonds is 8. The molecule has 2 N–H and O–H groups in total. The van der Waals surface area contributed by atoms with E-state index in [2.05, 4.69) is 29.3 Å². The fourth-order valence-electron chi connectivity index (χ4n) is 2.91. The summed E-state index contributed by atoms with van der Waals surface area (Å²) >= 11 is 6.36. The van der Waals surface area contributed by atoms with Crippen molar-refractivity contribution in [3.8, 4) is 28.3 Å². The lowest BCUT2D eigenvalue weighted by Gasteiger charge is -2.12. The number of hydrogen-bond donors (Lipinski definition) is 2. The van der Waals surface area contributed by atoms with Gasteiger partial charge in [-0.1, -0.05) is 50.1 Å². The minimum absolute atomic E-state index is 0.0240. The van der Waals surface area contributed by atoms with Gasteiger partial charge in [-0.25, -0.2) is 4.39 Å². The Morgan fingerprint density at radius 2 is 2.07 bits per heavy atom. The van der Waals surface area contributed by atoms with E-state index >= 15 is 0 Å². The number of nitrogens with zero attached hydrogens (tertiary/aromatic N) is 1. The lowest BCUT2D eigenvalue weighted by molar-refractivity contribution is 0.171. The topological polar surface area (TPSA) is 58.1 Å². The lowest BCUT2D eigenvalue weighted by Crippen LogP contribution is -2.12. The summed E-state index contributed by atoms with van der Waals surface area (Å²) in [6.07, 6.45) is 2.09. The van der Waals surface area contributed by atoms with E-state index in [9.17, 15) is 4.39 Å². The van der Waals surface area contributed by atoms with Gasteiger partial charge in [-0.2, -0.15) is 5.10 Å². The Kier molecular flexibility index (Phi) is 6.70. The summed E-state index contributed by atoms with van der Waals surface area (Å²) in [6, 6.07) is 12.9. The average molecular weight is 403 g/mol. The highest BCUT2D eigenvalue weighted by atomic mass is 35.5. The van der Waals surface area contributed by atoms with Gasteiger partial charge >= 0.3 is 0 Å². The number of aryl methyl sites for hydroxylation is 1. The molecule has 3 aromatic rings. The second-order valence-corrected chi connectivity index (χ2v) is 7.39. The highest BCUT2D eigenvalue weighted by Gasteiger charge is 2.15. The Bertz CT molecular complexity index is 942.